The Morgan fingerprint density at radius 2 is 1.91 bits per heavy atom. The molecule has 2 heterocycles. The maximum Gasteiger partial charge on any atom is 0.436 e. The number of aromatic nitrogens is 4. The number of carbonyl (C=O) groups is 1. The molecule has 1 saturated carbocycles. The van der Waals surface area contributed by atoms with E-state index in [4.69, 9.17) is 0 Å². The molecule has 1 aliphatic carbocycles. The molecule has 0 aliphatic heterocycles. The highest BCUT2D eigenvalue weighted by Crippen LogP contribution is 2.47. The van der Waals surface area contributed by atoms with Crippen molar-refractivity contribution in [3.63, 3.8) is 0 Å². The Hall–Kier alpha value is -2.40. The topological polar surface area (TPSA) is 68.0 Å². The van der Waals surface area contributed by atoms with Crippen LogP contribution < -0.4 is 5.32 Å². The van der Waals surface area contributed by atoms with Crippen molar-refractivity contribution in [2.45, 2.75) is 58.3 Å². The van der Waals surface area contributed by atoms with Crippen LogP contribution in [0.3, 0.4) is 0 Å². The molecule has 184 valence electrons. The molecule has 7 nitrogen and oxygen atoms in total. The smallest absolute Gasteiger partial charge is 0.309 e. The summed E-state index contributed by atoms with van der Waals surface area (Å²) in [5.74, 6) is 0.171. The van der Waals surface area contributed by atoms with Crippen LogP contribution in [0.15, 0.2) is 28.7 Å². The highest BCUT2D eigenvalue weighted by molar-refractivity contribution is 9.10. The van der Waals surface area contributed by atoms with Crippen molar-refractivity contribution in [3.8, 4) is 0 Å². The zero-order valence-electron chi connectivity index (χ0n) is 19.2. The van der Waals surface area contributed by atoms with Gasteiger partial charge in [-0.25, -0.2) is 4.98 Å². The standard InChI is InChI=1S/C23H28BrF3N6O/c1-3-31(4-2)13-14-32-17-8-6-5-7-16(17)28-22(32)29-18(34)11-12-33-20(15-9-10-15)19(24)21(30-33)23(25,26)27/h5-8,15H,3-4,9-14H2,1-2H3,(H,28,29,34). The summed E-state index contributed by atoms with van der Waals surface area (Å²) in [7, 11) is 0. The lowest BCUT2D eigenvalue weighted by atomic mass is 10.2. The minimum Gasteiger partial charge on any atom is -0.309 e. The lowest BCUT2D eigenvalue weighted by Gasteiger charge is -2.19. The molecule has 1 fully saturated rings. The Morgan fingerprint density at radius 3 is 2.56 bits per heavy atom. The third-order valence-electron chi connectivity index (χ3n) is 6.15. The SMILES string of the molecule is CCN(CC)CCn1c(NC(=O)CCn2nc(C(F)(F)F)c(Br)c2C2CC2)nc2ccccc21. The quantitative estimate of drug-likeness (QED) is 0.380. The minimum absolute atomic E-state index is 0.00954. The molecule has 1 amide bonds. The number of amides is 1. The monoisotopic (exact) mass is 540 g/mol. The molecule has 4 rings (SSSR count). The summed E-state index contributed by atoms with van der Waals surface area (Å²) >= 11 is 3.09. The number of fused-ring (bicyclic) bond motifs is 1. The van der Waals surface area contributed by atoms with E-state index in [1.54, 1.807) is 0 Å². The van der Waals surface area contributed by atoms with Gasteiger partial charge < -0.3 is 9.47 Å². The number of para-hydroxylation sites is 2. The largest absolute Gasteiger partial charge is 0.436 e. The van der Waals surface area contributed by atoms with Gasteiger partial charge in [0.15, 0.2) is 5.69 Å². The second kappa shape index (κ2) is 10.1. The van der Waals surface area contributed by atoms with Crippen LogP contribution in [0.1, 0.15) is 50.4 Å². The van der Waals surface area contributed by atoms with E-state index in [1.807, 2.05) is 28.8 Å². The van der Waals surface area contributed by atoms with Crippen molar-refractivity contribution in [2.24, 2.45) is 0 Å². The van der Waals surface area contributed by atoms with Crippen LogP contribution in [-0.4, -0.2) is 49.8 Å². The molecule has 0 saturated heterocycles. The zero-order chi connectivity index (χ0) is 24.5. The van der Waals surface area contributed by atoms with Gasteiger partial charge in [0.2, 0.25) is 11.9 Å². The Labute approximate surface area is 204 Å². The van der Waals surface area contributed by atoms with E-state index < -0.39 is 11.9 Å². The Morgan fingerprint density at radius 1 is 1.21 bits per heavy atom. The van der Waals surface area contributed by atoms with Crippen LogP contribution in [-0.2, 0) is 24.1 Å². The Kier molecular flexibility index (Phi) is 7.32. The van der Waals surface area contributed by atoms with Crippen LogP contribution in [0.4, 0.5) is 19.1 Å². The molecule has 3 aromatic rings. The van der Waals surface area contributed by atoms with Crippen molar-refractivity contribution in [2.75, 3.05) is 25.0 Å². The first-order valence-electron chi connectivity index (χ1n) is 11.5. The lowest BCUT2D eigenvalue weighted by molar-refractivity contribution is -0.142. The molecule has 1 N–H and O–H groups in total. The van der Waals surface area contributed by atoms with Crippen molar-refractivity contribution in [3.05, 3.63) is 40.1 Å². The average Bonchev–Trinajstić information content (AvgIpc) is 3.48. The number of aryl methyl sites for hydroxylation is 1. The summed E-state index contributed by atoms with van der Waals surface area (Å²) in [6.45, 7) is 7.58. The van der Waals surface area contributed by atoms with Gasteiger partial charge in [-0.1, -0.05) is 26.0 Å². The molecule has 0 unspecified atom stereocenters. The molecule has 11 heteroatoms. The first-order valence-corrected chi connectivity index (χ1v) is 12.3. The van der Waals surface area contributed by atoms with Gasteiger partial charge in [0.25, 0.3) is 0 Å². The second-order valence-electron chi connectivity index (χ2n) is 8.44. The number of nitrogens with one attached hydrogen (secondary N) is 1. The zero-order valence-corrected chi connectivity index (χ0v) is 20.8. The van der Waals surface area contributed by atoms with E-state index in [0.29, 0.717) is 18.2 Å². The molecular weight excluding hydrogens is 513 g/mol. The third kappa shape index (κ3) is 5.30. The van der Waals surface area contributed by atoms with Gasteiger partial charge in [0.1, 0.15) is 0 Å². The fraction of sp³-hybridized carbons (Fsp3) is 0.522. The minimum atomic E-state index is -4.55. The number of hydrogen-bond acceptors (Lipinski definition) is 4. The molecule has 0 atom stereocenters. The first-order chi connectivity index (χ1) is 16.2. The molecule has 0 bridgehead atoms. The Bertz CT molecular complexity index is 1160. The van der Waals surface area contributed by atoms with Crippen molar-refractivity contribution in [1.29, 1.82) is 0 Å². The number of nitrogens with zero attached hydrogens (tertiary/aromatic N) is 5. The van der Waals surface area contributed by atoms with E-state index in [9.17, 15) is 18.0 Å². The van der Waals surface area contributed by atoms with E-state index in [-0.39, 0.29) is 29.3 Å². The Balaban J connectivity index is 1.50. The number of benzene rings is 1. The molecule has 1 aromatic carbocycles. The number of alkyl halides is 3. The first kappa shape index (κ1) is 24.7. The summed E-state index contributed by atoms with van der Waals surface area (Å²) in [4.78, 5) is 19.7. The normalized spacial score (nSPS) is 14.3. The number of rotatable bonds is 10. The van der Waals surface area contributed by atoms with Crippen LogP contribution in [0, 0.1) is 0 Å². The van der Waals surface area contributed by atoms with E-state index in [0.717, 1.165) is 43.5 Å². The molecule has 2 aromatic heterocycles. The van der Waals surface area contributed by atoms with Crippen LogP contribution >= 0.6 is 15.9 Å². The lowest BCUT2D eigenvalue weighted by Crippen LogP contribution is -2.28. The van der Waals surface area contributed by atoms with Gasteiger partial charge in [-0.3, -0.25) is 14.8 Å². The van der Waals surface area contributed by atoms with Crippen molar-refractivity contribution < 1.29 is 18.0 Å². The fourth-order valence-electron chi connectivity index (χ4n) is 4.12. The van der Waals surface area contributed by atoms with Gasteiger partial charge in [-0.15, -0.1) is 0 Å². The van der Waals surface area contributed by atoms with E-state index in [1.165, 1.54) is 4.68 Å². The number of carbonyl (C=O) groups excluding carboxylic acids is 1. The fourth-order valence-corrected chi connectivity index (χ4v) is 4.96. The van der Waals surface area contributed by atoms with Gasteiger partial charge >= 0.3 is 6.18 Å². The highest BCUT2D eigenvalue weighted by Gasteiger charge is 2.41. The molecule has 0 spiro atoms. The summed E-state index contributed by atoms with van der Waals surface area (Å²) in [5.41, 5.74) is 1.28. The van der Waals surface area contributed by atoms with Crippen molar-refractivity contribution >= 4 is 38.8 Å². The molecular formula is C23H28BrF3N6O. The maximum atomic E-state index is 13.3. The number of halogens is 4. The summed E-state index contributed by atoms with van der Waals surface area (Å²) in [6.07, 6.45) is -2.91. The number of likely N-dealkylation sites (N-methyl/N-ethyl adjacent to an activating group) is 1. The van der Waals surface area contributed by atoms with Crippen LogP contribution in [0.2, 0.25) is 0 Å². The highest BCUT2D eigenvalue weighted by atomic mass is 79.9. The van der Waals surface area contributed by atoms with Crippen LogP contribution in [0.5, 0.6) is 0 Å². The van der Waals surface area contributed by atoms with Gasteiger partial charge in [0, 0.05) is 25.4 Å². The average molecular weight is 541 g/mol. The van der Waals surface area contributed by atoms with E-state index in [2.05, 4.69) is 50.1 Å². The third-order valence-corrected chi connectivity index (χ3v) is 6.94. The molecule has 1 aliphatic rings. The van der Waals surface area contributed by atoms with Crippen LogP contribution in [0.25, 0.3) is 11.0 Å². The summed E-state index contributed by atoms with van der Waals surface area (Å²) in [6, 6.07) is 7.67. The molecule has 0 radical (unpaired) electrons. The van der Waals surface area contributed by atoms with E-state index >= 15 is 0 Å². The maximum absolute atomic E-state index is 13.3. The predicted octanol–water partition coefficient (Wildman–Crippen LogP) is 5.26. The van der Waals surface area contributed by atoms with Crippen molar-refractivity contribution in [1.82, 2.24) is 24.2 Å². The second-order valence-corrected chi connectivity index (χ2v) is 9.24. The number of imidazole rings is 1. The predicted molar refractivity (Wildman–Crippen MR) is 128 cm³/mol. The number of anilines is 1. The number of hydrogen-bond donors (Lipinski definition) is 1. The molecule has 34 heavy (non-hydrogen) atoms. The van der Waals surface area contributed by atoms with Gasteiger partial charge in [-0.05, 0) is 54.0 Å². The van der Waals surface area contributed by atoms with Gasteiger partial charge in [-0.2, -0.15) is 18.3 Å². The van der Waals surface area contributed by atoms with Gasteiger partial charge in [0.05, 0.1) is 27.7 Å². The summed E-state index contributed by atoms with van der Waals surface area (Å²) < 4.78 is 43.3. The summed E-state index contributed by atoms with van der Waals surface area (Å²) in [5, 5.41) is 6.64.